The first-order valence-electron chi connectivity index (χ1n) is 12.6. The first-order valence-corrected chi connectivity index (χ1v) is 15.7. The number of nitrogens with zero attached hydrogens (tertiary/aromatic N) is 4. The van der Waals surface area contributed by atoms with Crippen LogP contribution in [0.1, 0.15) is 49.3 Å². The van der Waals surface area contributed by atoms with E-state index in [0.717, 1.165) is 22.6 Å². The van der Waals surface area contributed by atoms with Crippen molar-refractivity contribution in [2.45, 2.75) is 53.8 Å². The van der Waals surface area contributed by atoms with Crippen LogP contribution >= 0.6 is 34.9 Å². The Morgan fingerprint density at radius 2 is 1.90 bits per heavy atom. The fourth-order valence-electron chi connectivity index (χ4n) is 5.19. The number of nitriles is 1. The number of rotatable bonds is 6. The van der Waals surface area contributed by atoms with Gasteiger partial charge in [-0.15, -0.1) is 22.0 Å². The Balaban J connectivity index is 1.51. The highest BCUT2D eigenvalue weighted by molar-refractivity contribution is 8.00. The lowest BCUT2D eigenvalue weighted by molar-refractivity contribution is -0.137. The highest BCUT2D eigenvalue weighted by atomic mass is 32.2. The third-order valence-corrected chi connectivity index (χ3v) is 9.89. The molecule has 6 nitrogen and oxygen atoms in total. The van der Waals surface area contributed by atoms with E-state index < -0.39 is 17.7 Å². The molecule has 0 saturated carbocycles. The van der Waals surface area contributed by atoms with Crippen LogP contribution in [-0.4, -0.2) is 22.2 Å². The number of hydrogen-bond donors (Lipinski definition) is 1. The van der Waals surface area contributed by atoms with E-state index in [2.05, 4.69) is 16.3 Å². The molecular weight excluding hydrogens is 588 g/mol. The molecule has 41 heavy (non-hydrogen) atoms. The monoisotopic (exact) mass is 613 g/mol. The molecule has 0 radical (unpaired) electrons. The van der Waals surface area contributed by atoms with E-state index in [1.165, 1.54) is 29.2 Å². The van der Waals surface area contributed by atoms with E-state index in [0.29, 0.717) is 39.1 Å². The normalized spacial score (nSPS) is 18.9. The molecule has 2 aromatic carbocycles. The van der Waals surface area contributed by atoms with Gasteiger partial charge in [-0.05, 0) is 47.4 Å². The number of carbonyl (C=O) groups is 1. The number of hydrogen-bond acceptors (Lipinski definition) is 9. The van der Waals surface area contributed by atoms with E-state index in [9.17, 15) is 23.2 Å². The summed E-state index contributed by atoms with van der Waals surface area (Å²) < 4.78 is 39.9. The van der Waals surface area contributed by atoms with E-state index in [1.807, 2.05) is 44.4 Å². The van der Waals surface area contributed by atoms with Crippen molar-refractivity contribution in [3.63, 3.8) is 0 Å². The number of anilines is 1. The standard InChI is InChI=1S/C29H26F3N5OS3/c1-28(2)12-21-24(22(38)13-28)23(17-7-9-19(39-3)10-8-17)20(14-33)25(34)37(21)26-35-36-27(41-26)40-15-16-5-4-6-18(11-16)29(30,31)32/h4-11,23H,12-13,15,34H2,1-3H3/t23-/m1/s1. The molecule has 0 amide bonds. The summed E-state index contributed by atoms with van der Waals surface area (Å²) in [4.78, 5) is 16.4. The van der Waals surface area contributed by atoms with Gasteiger partial charge in [-0.3, -0.25) is 9.69 Å². The van der Waals surface area contributed by atoms with Gasteiger partial charge in [-0.25, -0.2) is 0 Å². The lowest BCUT2D eigenvalue weighted by Gasteiger charge is -2.42. The smallest absolute Gasteiger partial charge is 0.384 e. The van der Waals surface area contributed by atoms with Gasteiger partial charge in [0.25, 0.3) is 0 Å². The molecule has 0 bridgehead atoms. The molecule has 5 rings (SSSR count). The number of nitrogens with two attached hydrogens (primary N) is 1. The summed E-state index contributed by atoms with van der Waals surface area (Å²) >= 11 is 4.08. The zero-order chi connectivity index (χ0) is 29.5. The van der Waals surface area contributed by atoms with E-state index in [-0.39, 0.29) is 28.3 Å². The van der Waals surface area contributed by atoms with Crippen molar-refractivity contribution >= 4 is 45.8 Å². The lowest BCUT2D eigenvalue weighted by Crippen LogP contribution is -2.42. The van der Waals surface area contributed by atoms with E-state index in [4.69, 9.17) is 5.73 Å². The minimum Gasteiger partial charge on any atom is -0.384 e. The molecule has 3 aromatic rings. The zero-order valence-electron chi connectivity index (χ0n) is 22.5. The van der Waals surface area contributed by atoms with Gasteiger partial charge in [0.15, 0.2) is 10.1 Å². The van der Waals surface area contributed by atoms with Gasteiger partial charge in [0.05, 0.1) is 23.1 Å². The maximum atomic E-state index is 13.7. The predicted molar refractivity (Wildman–Crippen MR) is 156 cm³/mol. The van der Waals surface area contributed by atoms with Crippen LogP contribution in [0.25, 0.3) is 0 Å². The van der Waals surface area contributed by atoms with Crippen molar-refractivity contribution in [2.75, 3.05) is 11.2 Å². The molecule has 1 aromatic heterocycles. The van der Waals surface area contributed by atoms with Crippen LogP contribution in [0.4, 0.5) is 18.3 Å². The number of aromatic nitrogens is 2. The third-order valence-electron chi connectivity index (χ3n) is 7.03. The number of Topliss-reactive ketones (excluding diaryl/α,β-unsaturated/α-hetero) is 1. The van der Waals surface area contributed by atoms with Crippen LogP contribution in [0, 0.1) is 16.7 Å². The van der Waals surface area contributed by atoms with Crippen LogP contribution < -0.4 is 10.6 Å². The molecule has 2 aliphatic rings. The molecular formula is C29H26F3N5OS3. The van der Waals surface area contributed by atoms with Crippen LogP contribution in [0.15, 0.2) is 80.4 Å². The summed E-state index contributed by atoms with van der Waals surface area (Å²) in [6.07, 6.45) is -1.56. The van der Waals surface area contributed by atoms with Gasteiger partial charge in [0, 0.05) is 28.3 Å². The van der Waals surface area contributed by atoms with Crippen LogP contribution in [0.5, 0.6) is 0 Å². The lowest BCUT2D eigenvalue weighted by atomic mass is 9.69. The zero-order valence-corrected chi connectivity index (χ0v) is 24.9. The molecule has 0 spiro atoms. The molecule has 0 fully saturated rings. The van der Waals surface area contributed by atoms with Crippen molar-refractivity contribution in [3.8, 4) is 6.07 Å². The van der Waals surface area contributed by atoms with Crippen molar-refractivity contribution in [1.82, 2.24) is 10.2 Å². The molecule has 212 valence electrons. The molecule has 0 saturated heterocycles. The molecule has 1 aliphatic carbocycles. The maximum absolute atomic E-state index is 13.7. The number of alkyl halides is 3. The summed E-state index contributed by atoms with van der Waals surface area (Å²) in [5.41, 5.74) is 8.47. The maximum Gasteiger partial charge on any atom is 0.416 e. The fraction of sp³-hybridized carbons (Fsp3) is 0.310. The average molecular weight is 614 g/mol. The Morgan fingerprint density at radius 3 is 2.56 bits per heavy atom. The van der Waals surface area contributed by atoms with Gasteiger partial charge in [-0.2, -0.15) is 18.4 Å². The first kappa shape index (κ1) is 29.2. The van der Waals surface area contributed by atoms with Crippen LogP contribution in [0.2, 0.25) is 0 Å². The van der Waals surface area contributed by atoms with Gasteiger partial charge >= 0.3 is 6.18 Å². The first-order chi connectivity index (χ1) is 19.4. The summed E-state index contributed by atoms with van der Waals surface area (Å²) in [7, 11) is 0. The number of benzene rings is 2. The van der Waals surface area contributed by atoms with Gasteiger partial charge < -0.3 is 5.73 Å². The third kappa shape index (κ3) is 5.89. The number of allylic oxidation sites excluding steroid dienone is 3. The molecule has 1 atom stereocenters. The molecule has 2 N–H and O–H groups in total. The largest absolute Gasteiger partial charge is 0.416 e. The number of carbonyl (C=O) groups excluding carboxylic acids is 1. The summed E-state index contributed by atoms with van der Waals surface area (Å²) in [6.45, 7) is 4.04. The number of ketones is 1. The second-order valence-corrected chi connectivity index (χ2v) is 13.6. The van der Waals surface area contributed by atoms with E-state index in [1.54, 1.807) is 22.7 Å². The topological polar surface area (TPSA) is 95.9 Å². The number of halogens is 3. The number of thioether (sulfide) groups is 2. The Bertz CT molecular complexity index is 1600. The Labute approximate surface area is 248 Å². The highest BCUT2D eigenvalue weighted by Gasteiger charge is 2.45. The SMILES string of the molecule is CSc1ccc([C@@H]2C(C#N)=C(N)N(c3nnc(SCc4cccc(C(F)(F)F)c4)s3)C3=C2C(=O)CC(C)(C)C3)cc1. The van der Waals surface area contributed by atoms with Crippen molar-refractivity contribution in [3.05, 3.63) is 87.9 Å². The van der Waals surface area contributed by atoms with Crippen LogP contribution in [0.3, 0.4) is 0 Å². The second-order valence-electron chi connectivity index (χ2n) is 10.6. The Morgan fingerprint density at radius 1 is 1.17 bits per heavy atom. The average Bonchev–Trinajstić information content (AvgIpc) is 3.39. The fourth-order valence-corrected chi connectivity index (χ4v) is 7.42. The Kier molecular flexibility index (Phi) is 7.98. The molecule has 1 aliphatic heterocycles. The molecule has 0 unspecified atom stereocenters. The van der Waals surface area contributed by atoms with Crippen molar-refractivity contribution in [2.24, 2.45) is 11.1 Å². The quantitative estimate of drug-likeness (QED) is 0.286. The molecule has 2 heterocycles. The van der Waals surface area contributed by atoms with Gasteiger partial charge in [-0.1, -0.05) is 67.3 Å². The van der Waals surface area contributed by atoms with Crippen molar-refractivity contribution in [1.29, 1.82) is 5.26 Å². The summed E-state index contributed by atoms with van der Waals surface area (Å²) in [5, 5.41) is 19.2. The van der Waals surface area contributed by atoms with Crippen molar-refractivity contribution < 1.29 is 18.0 Å². The van der Waals surface area contributed by atoms with E-state index >= 15 is 0 Å². The highest BCUT2D eigenvalue weighted by Crippen LogP contribution is 2.51. The minimum atomic E-state index is -4.42. The minimum absolute atomic E-state index is 0.0379. The Hall–Kier alpha value is -3.27. The summed E-state index contributed by atoms with van der Waals surface area (Å²) in [5.74, 6) is -0.167. The summed E-state index contributed by atoms with van der Waals surface area (Å²) in [6, 6.07) is 15.2. The molecule has 12 heteroatoms. The van der Waals surface area contributed by atoms with Gasteiger partial charge in [0.1, 0.15) is 5.82 Å². The van der Waals surface area contributed by atoms with Crippen LogP contribution in [-0.2, 0) is 16.7 Å². The predicted octanol–water partition coefficient (Wildman–Crippen LogP) is 7.51. The second kappa shape index (κ2) is 11.2. The van der Waals surface area contributed by atoms with Gasteiger partial charge in [0.2, 0.25) is 5.13 Å².